The predicted molar refractivity (Wildman–Crippen MR) is 53.8 cm³/mol. The lowest BCUT2D eigenvalue weighted by atomic mass is 10.0. The molecule has 0 heterocycles. The van der Waals surface area contributed by atoms with Crippen LogP contribution in [0.1, 0.15) is 11.5 Å². The van der Waals surface area contributed by atoms with Gasteiger partial charge in [0.25, 0.3) is 0 Å². The van der Waals surface area contributed by atoms with E-state index in [4.69, 9.17) is 11.6 Å². The van der Waals surface area contributed by atoms with Crippen molar-refractivity contribution in [2.45, 2.75) is 5.92 Å². The van der Waals surface area contributed by atoms with Gasteiger partial charge in [-0.25, -0.2) is 0 Å². The number of alkyl halides is 1. The van der Waals surface area contributed by atoms with Gasteiger partial charge in [-0.05, 0) is 21.5 Å². The number of rotatable bonds is 3. The summed E-state index contributed by atoms with van der Waals surface area (Å²) in [6, 6.07) is 9.49. The van der Waals surface area contributed by atoms with Crippen molar-refractivity contribution in [3.05, 3.63) is 35.9 Å². The summed E-state index contributed by atoms with van der Waals surface area (Å²) in [6.07, 6.45) is 0. The Balaban J connectivity index is 2.88. The van der Waals surface area contributed by atoms with Crippen LogP contribution in [0.3, 0.4) is 0 Å². The maximum absolute atomic E-state index is 11.0. The lowest BCUT2D eigenvalue weighted by molar-refractivity contribution is -0.111. The summed E-state index contributed by atoms with van der Waals surface area (Å²) in [4.78, 5) is 11.0. The number of carbonyl (C=O) groups is 1. The van der Waals surface area contributed by atoms with Crippen LogP contribution in [0.4, 0.5) is 0 Å². The number of hydrogen-bond donors (Lipinski definition) is 0. The van der Waals surface area contributed by atoms with Crippen molar-refractivity contribution in [2.75, 3.05) is 5.88 Å². The van der Waals surface area contributed by atoms with Gasteiger partial charge in [0, 0.05) is 5.88 Å². The maximum Gasteiger partial charge on any atom is 0.206 e. The third-order valence-corrected chi connectivity index (χ3v) is 2.49. The molecule has 0 radical (unpaired) electrons. The van der Waals surface area contributed by atoms with Crippen molar-refractivity contribution in [2.24, 2.45) is 0 Å². The van der Waals surface area contributed by atoms with Gasteiger partial charge in [-0.2, -0.15) is 0 Å². The van der Waals surface area contributed by atoms with E-state index in [1.165, 1.54) is 0 Å². The number of hydrogen-bond acceptors (Lipinski definition) is 1. The fraction of sp³-hybridized carbons (Fsp3) is 0.222. The molecule has 0 aliphatic rings. The Bertz CT molecular complexity index is 260. The highest BCUT2D eigenvalue weighted by molar-refractivity contribution is 9.18. The van der Waals surface area contributed by atoms with Gasteiger partial charge < -0.3 is 0 Å². The highest BCUT2D eigenvalue weighted by atomic mass is 79.9. The van der Waals surface area contributed by atoms with Crippen LogP contribution in [0.25, 0.3) is 0 Å². The third kappa shape index (κ3) is 2.32. The lowest BCUT2D eigenvalue weighted by Gasteiger charge is -2.07. The second kappa shape index (κ2) is 4.63. The van der Waals surface area contributed by atoms with E-state index in [0.717, 1.165) is 5.56 Å². The first-order valence-corrected chi connectivity index (χ1v) is 4.88. The van der Waals surface area contributed by atoms with Gasteiger partial charge in [0.2, 0.25) is 4.69 Å². The summed E-state index contributed by atoms with van der Waals surface area (Å²) in [5, 5.41) is 0. The molecule has 1 rings (SSSR count). The van der Waals surface area contributed by atoms with Crippen LogP contribution in [-0.4, -0.2) is 10.6 Å². The molecular weight excluding hydrogens is 239 g/mol. The minimum Gasteiger partial charge on any atom is -0.286 e. The molecule has 0 aliphatic heterocycles. The number of halogens is 2. The standard InChI is InChI=1S/C9H8BrClO/c10-9(12)8(6-11)7-4-2-1-3-5-7/h1-5,8H,6H2. The van der Waals surface area contributed by atoms with Crippen molar-refractivity contribution in [1.29, 1.82) is 0 Å². The third-order valence-electron chi connectivity index (χ3n) is 1.63. The molecule has 0 bridgehead atoms. The second-order valence-electron chi connectivity index (χ2n) is 2.42. The minimum absolute atomic E-state index is 0.0660. The van der Waals surface area contributed by atoms with Crippen LogP contribution >= 0.6 is 27.5 Å². The molecule has 0 aromatic heterocycles. The molecule has 1 nitrogen and oxygen atoms in total. The molecule has 1 atom stereocenters. The molecule has 12 heavy (non-hydrogen) atoms. The van der Waals surface area contributed by atoms with Gasteiger partial charge in [0.1, 0.15) is 0 Å². The molecule has 64 valence electrons. The van der Waals surface area contributed by atoms with E-state index in [-0.39, 0.29) is 10.6 Å². The molecular formula is C9H8BrClO. The molecule has 1 aromatic rings. The molecule has 3 heteroatoms. The van der Waals surface area contributed by atoms with Crippen LogP contribution < -0.4 is 0 Å². The summed E-state index contributed by atoms with van der Waals surface area (Å²) in [5.74, 6) is 0.0848. The zero-order valence-corrected chi connectivity index (χ0v) is 8.68. The molecule has 0 saturated heterocycles. The van der Waals surface area contributed by atoms with Crippen LogP contribution in [0.15, 0.2) is 30.3 Å². The highest BCUT2D eigenvalue weighted by Gasteiger charge is 2.15. The van der Waals surface area contributed by atoms with Gasteiger partial charge in [0.15, 0.2) is 0 Å². The highest BCUT2D eigenvalue weighted by Crippen LogP contribution is 2.20. The molecule has 0 N–H and O–H groups in total. The van der Waals surface area contributed by atoms with Crippen molar-refractivity contribution in [1.82, 2.24) is 0 Å². The van der Waals surface area contributed by atoms with Crippen LogP contribution in [-0.2, 0) is 4.79 Å². The minimum atomic E-state index is -0.229. The predicted octanol–water partition coefficient (Wildman–Crippen LogP) is 2.93. The van der Waals surface area contributed by atoms with Crippen LogP contribution in [0.5, 0.6) is 0 Å². The van der Waals surface area contributed by atoms with Crippen molar-refractivity contribution in [3.8, 4) is 0 Å². The summed E-state index contributed by atoms with van der Waals surface area (Å²) < 4.78 is -0.0660. The van der Waals surface area contributed by atoms with Crippen LogP contribution in [0.2, 0.25) is 0 Å². The summed E-state index contributed by atoms with van der Waals surface area (Å²) in [5.41, 5.74) is 0.953. The SMILES string of the molecule is O=C(Br)C(CCl)c1ccccc1. The Morgan fingerprint density at radius 1 is 1.42 bits per heavy atom. The van der Waals surface area contributed by atoms with Gasteiger partial charge in [-0.1, -0.05) is 30.3 Å². The zero-order chi connectivity index (χ0) is 8.97. The fourth-order valence-corrected chi connectivity index (χ4v) is 1.90. The molecule has 0 aliphatic carbocycles. The Morgan fingerprint density at radius 3 is 2.42 bits per heavy atom. The fourth-order valence-electron chi connectivity index (χ4n) is 0.966. The average molecular weight is 248 g/mol. The van der Waals surface area contributed by atoms with E-state index in [9.17, 15) is 4.79 Å². The van der Waals surface area contributed by atoms with E-state index < -0.39 is 0 Å². The first kappa shape index (κ1) is 9.75. The largest absolute Gasteiger partial charge is 0.286 e. The van der Waals surface area contributed by atoms with Crippen molar-refractivity contribution >= 4 is 32.2 Å². The Hall–Kier alpha value is -0.340. The van der Waals surface area contributed by atoms with E-state index in [1.54, 1.807) is 0 Å². The smallest absolute Gasteiger partial charge is 0.206 e. The molecule has 0 spiro atoms. The van der Waals surface area contributed by atoms with Gasteiger partial charge >= 0.3 is 0 Å². The summed E-state index contributed by atoms with van der Waals surface area (Å²) in [7, 11) is 0. The van der Waals surface area contributed by atoms with E-state index in [1.807, 2.05) is 30.3 Å². The Labute approximate surface area is 84.9 Å². The molecule has 1 unspecified atom stereocenters. The van der Waals surface area contributed by atoms with Crippen molar-refractivity contribution in [3.63, 3.8) is 0 Å². The van der Waals surface area contributed by atoms with Gasteiger partial charge in [0.05, 0.1) is 5.92 Å². The normalized spacial score (nSPS) is 12.5. The maximum atomic E-state index is 11.0. The summed E-state index contributed by atoms with van der Waals surface area (Å²) >= 11 is 8.56. The quantitative estimate of drug-likeness (QED) is 0.593. The molecule has 0 fully saturated rings. The van der Waals surface area contributed by atoms with Gasteiger partial charge in [-0.15, -0.1) is 11.6 Å². The summed E-state index contributed by atoms with van der Waals surface area (Å²) in [6.45, 7) is 0. The number of carbonyl (C=O) groups excluding carboxylic acids is 1. The van der Waals surface area contributed by atoms with Crippen LogP contribution in [0, 0.1) is 0 Å². The lowest BCUT2D eigenvalue weighted by Crippen LogP contribution is -2.07. The average Bonchev–Trinajstić information content (AvgIpc) is 2.07. The monoisotopic (exact) mass is 246 g/mol. The molecule has 0 amide bonds. The molecule has 1 aromatic carbocycles. The molecule has 0 saturated carbocycles. The zero-order valence-electron chi connectivity index (χ0n) is 6.34. The van der Waals surface area contributed by atoms with Gasteiger partial charge in [-0.3, -0.25) is 4.79 Å². The van der Waals surface area contributed by atoms with Crippen molar-refractivity contribution < 1.29 is 4.79 Å². The topological polar surface area (TPSA) is 17.1 Å². The Kier molecular flexibility index (Phi) is 3.76. The van der Waals surface area contributed by atoms with E-state index in [2.05, 4.69) is 15.9 Å². The first-order chi connectivity index (χ1) is 5.75. The first-order valence-electron chi connectivity index (χ1n) is 3.56. The van der Waals surface area contributed by atoms with E-state index in [0.29, 0.717) is 5.88 Å². The Morgan fingerprint density at radius 2 is 2.00 bits per heavy atom. The number of benzene rings is 1. The second-order valence-corrected chi connectivity index (χ2v) is 3.51. The van der Waals surface area contributed by atoms with E-state index >= 15 is 0 Å².